The lowest BCUT2D eigenvalue weighted by molar-refractivity contribution is -0.134. The van der Waals surface area contributed by atoms with Crippen LogP contribution >= 0.6 is 0 Å². The third-order valence-corrected chi connectivity index (χ3v) is 6.35. The fourth-order valence-corrected chi connectivity index (χ4v) is 5.15. The Kier molecular flexibility index (Phi) is 5.24. The molecule has 0 unspecified atom stereocenters. The molecule has 2 aliphatic heterocycles. The van der Waals surface area contributed by atoms with Gasteiger partial charge >= 0.3 is 0 Å². The van der Waals surface area contributed by atoms with Gasteiger partial charge in [0.2, 0.25) is 5.91 Å². The maximum Gasteiger partial charge on any atom is 0.227 e. The Morgan fingerprint density at radius 2 is 1.93 bits per heavy atom. The van der Waals surface area contributed by atoms with E-state index in [0.717, 1.165) is 42.8 Å². The Hall–Kier alpha value is -2.56. The number of hydrogen-bond donors (Lipinski definition) is 0. The highest BCUT2D eigenvalue weighted by molar-refractivity contribution is 5.80. The first kappa shape index (κ1) is 19.7. The molecule has 0 spiro atoms. The van der Waals surface area contributed by atoms with Crippen LogP contribution in [0.15, 0.2) is 48.5 Å². The zero-order chi connectivity index (χ0) is 20.6. The van der Waals surface area contributed by atoms with Gasteiger partial charge in [0.1, 0.15) is 11.6 Å². The molecule has 0 aliphatic carbocycles. The van der Waals surface area contributed by atoms with Crippen molar-refractivity contribution in [1.29, 1.82) is 0 Å². The van der Waals surface area contributed by atoms with Crippen LogP contribution < -0.4 is 9.64 Å². The molecule has 29 heavy (non-hydrogen) atoms. The standard InChI is InChI=1S/C24H29FN2O2/c1-24(2)16-22-21(27(24)19-11-9-18(25)10-12-19)8-5-13-26(22)23(28)15-17-6-4-7-20(14-17)29-3/h4,6-7,9-12,14,21-22H,5,8,13,15-16H2,1-3H3/t21-,22-/m0/s1. The molecule has 2 heterocycles. The predicted octanol–water partition coefficient (Wildman–Crippen LogP) is 4.43. The van der Waals surface area contributed by atoms with Gasteiger partial charge in [0.15, 0.2) is 0 Å². The number of methoxy groups -OCH3 is 1. The van der Waals surface area contributed by atoms with Crippen LogP contribution in [0.1, 0.15) is 38.7 Å². The number of nitrogens with zero attached hydrogens (tertiary/aromatic N) is 2. The van der Waals surface area contributed by atoms with Crippen molar-refractivity contribution in [2.75, 3.05) is 18.6 Å². The maximum absolute atomic E-state index is 13.4. The van der Waals surface area contributed by atoms with Gasteiger partial charge in [-0.1, -0.05) is 12.1 Å². The van der Waals surface area contributed by atoms with E-state index >= 15 is 0 Å². The average Bonchev–Trinajstić information content (AvgIpc) is 2.98. The van der Waals surface area contributed by atoms with E-state index in [1.54, 1.807) is 7.11 Å². The molecule has 0 aromatic heterocycles. The number of ether oxygens (including phenoxy) is 1. The second-order valence-electron chi connectivity index (χ2n) is 8.76. The minimum absolute atomic E-state index is 0.0913. The van der Waals surface area contributed by atoms with Crippen LogP contribution in [0.5, 0.6) is 5.75 Å². The largest absolute Gasteiger partial charge is 0.497 e. The molecule has 154 valence electrons. The van der Waals surface area contributed by atoms with Crippen LogP contribution in [0.4, 0.5) is 10.1 Å². The fourth-order valence-electron chi connectivity index (χ4n) is 5.15. The number of benzene rings is 2. The van der Waals surface area contributed by atoms with Crippen molar-refractivity contribution in [3.63, 3.8) is 0 Å². The lowest BCUT2D eigenvalue weighted by Gasteiger charge is -2.42. The molecule has 2 aliphatic rings. The zero-order valence-electron chi connectivity index (χ0n) is 17.4. The van der Waals surface area contributed by atoms with Gasteiger partial charge in [-0.05, 0) is 75.1 Å². The van der Waals surface area contributed by atoms with Gasteiger partial charge in [-0.15, -0.1) is 0 Å². The normalized spacial score (nSPS) is 23.0. The summed E-state index contributed by atoms with van der Waals surface area (Å²) in [6.07, 6.45) is 3.34. The summed E-state index contributed by atoms with van der Waals surface area (Å²) in [4.78, 5) is 17.7. The van der Waals surface area contributed by atoms with Crippen molar-refractivity contribution in [3.8, 4) is 5.75 Å². The minimum Gasteiger partial charge on any atom is -0.497 e. The highest BCUT2D eigenvalue weighted by Gasteiger charge is 2.50. The van der Waals surface area contributed by atoms with Gasteiger partial charge in [-0.2, -0.15) is 0 Å². The molecule has 4 rings (SSSR count). The molecule has 4 nitrogen and oxygen atoms in total. The van der Waals surface area contributed by atoms with Crippen molar-refractivity contribution >= 4 is 11.6 Å². The van der Waals surface area contributed by atoms with E-state index in [4.69, 9.17) is 4.74 Å². The number of halogens is 1. The van der Waals surface area contributed by atoms with Crippen LogP contribution in [0.2, 0.25) is 0 Å². The van der Waals surface area contributed by atoms with Gasteiger partial charge in [-0.25, -0.2) is 4.39 Å². The molecule has 2 saturated heterocycles. The third kappa shape index (κ3) is 3.83. The zero-order valence-corrected chi connectivity index (χ0v) is 17.4. The van der Waals surface area contributed by atoms with Crippen LogP contribution in [0.3, 0.4) is 0 Å². The van der Waals surface area contributed by atoms with E-state index in [-0.39, 0.29) is 29.3 Å². The van der Waals surface area contributed by atoms with Crippen LogP contribution in [-0.2, 0) is 11.2 Å². The van der Waals surface area contributed by atoms with Gasteiger partial charge < -0.3 is 14.5 Å². The van der Waals surface area contributed by atoms with Gasteiger partial charge in [0, 0.05) is 17.8 Å². The van der Waals surface area contributed by atoms with Crippen LogP contribution in [-0.4, -0.2) is 42.1 Å². The number of amides is 1. The quantitative estimate of drug-likeness (QED) is 0.767. The van der Waals surface area contributed by atoms with E-state index in [9.17, 15) is 9.18 Å². The molecule has 5 heteroatoms. The molecule has 0 radical (unpaired) electrons. The molecule has 2 aromatic rings. The smallest absolute Gasteiger partial charge is 0.227 e. The summed E-state index contributed by atoms with van der Waals surface area (Å²) in [6.45, 7) is 5.25. The van der Waals surface area contributed by atoms with Crippen molar-refractivity contribution in [1.82, 2.24) is 4.90 Å². The first-order valence-electron chi connectivity index (χ1n) is 10.4. The number of fused-ring (bicyclic) bond motifs is 1. The monoisotopic (exact) mass is 396 g/mol. The number of piperidine rings is 1. The molecule has 2 fully saturated rings. The van der Waals surface area contributed by atoms with E-state index in [2.05, 4.69) is 23.6 Å². The summed E-state index contributed by atoms with van der Waals surface area (Å²) in [7, 11) is 1.64. The van der Waals surface area contributed by atoms with E-state index in [0.29, 0.717) is 6.42 Å². The first-order valence-corrected chi connectivity index (χ1v) is 10.4. The Labute approximate surface area is 172 Å². The molecular formula is C24H29FN2O2. The van der Waals surface area contributed by atoms with Crippen molar-refractivity contribution in [3.05, 3.63) is 59.9 Å². The number of carbonyl (C=O) groups excluding carboxylic acids is 1. The lowest BCUT2D eigenvalue weighted by atomic mass is 9.93. The van der Waals surface area contributed by atoms with Gasteiger partial charge in [-0.3, -0.25) is 4.79 Å². The molecule has 0 bridgehead atoms. The SMILES string of the molecule is COc1cccc(CC(=O)N2CCC[C@H]3[C@@H]2CC(C)(C)N3c2ccc(F)cc2)c1. The average molecular weight is 397 g/mol. The maximum atomic E-state index is 13.4. The number of hydrogen-bond acceptors (Lipinski definition) is 3. The van der Waals surface area contributed by atoms with Crippen molar-refractivity contribution < 1.29 is 13.9 Å². The Morgan fingerprint density at radius 3 is 2.66 bits per heavy atom. The van der Waals surface area contributed by atoms with E-state index in [1.807, 2.05) is 36.4 Å². The summed E-state index contributed by atoms with van der Waals surface area (Å²) < 4.78 is 18.7. The minimum atomic E-state index is -0.221. The number of likely N-dealkylation sites (tertiary alicyclic amines) is 1. The highest BCUT2D eigenvalue weighted by atomic mass is 19.1. The highest BCUT2D eigenvalue weighted by Crippen LogP contribution is 2.43. The Bertz CT molecular complexity index is 881. The Balaban J connectivity index is 1.56. The topological polar surface area (TPSA) is 32.8 Å². The number of rotatable bonds is 4. The summed E-state index contributed by atoms with van der Waals surface area (Å²) in [5, 5.41) is 0. The molecular weight excluding hydrogens is 367 g/mol. The van der Waals surface area contributed by atoms with Gasteiger partial charge in [0.25, 0.3) is 0 Å². The second kappa shape index (κ2) is 7.69. The summed E-state index contributed by atoms with van der Waals surface area (Å²) in [5.74, 6) is 0.724. The van der Waals surface area contributed by atoms with Crippen molar-refractivity contribution in [2.24, 2.45) is 0 Å². The molecule has 1 amide bonds. The molecule has 0 saturated carbocycles. The van der Waals surface area contributed by atoms with Crippen LogP contribution in [0.25, 0.3) is 0 Å². The Morgan fingerprint density at radius 1 is 1.17 bits per heavy atom. The van der Waals surface area contributed by atoms with Crippen molar-refractivity contribution in [2.45, 2.75) is 57.2 Å². The molecule has 2 atom stereocenters. The van der Waals surface area contributed by atoms with Gasteiger partial charge in [0.05, 0.1) is 25.6 Å². The van der Waals surface area contributed by atoms with E-state index in [1.165, 1.54) is 12.1 Å². The molecule has 0 N–H and O–H groups in total. The summed E-state index contributed by atoms with van der Waals surface area (Å²) >= 11 is 0. The third-order valence-electron chi connectivity index (χ3n) is 6.35. The lowest BCUT2D eigenvalue weighted by Crippen LogP contribution is -2.53. The predicted molar refractivity (Wildman–Crippen MR) is 113 cm³/mol. The summed E-state index contributed by atoms with van der Waals surface area (Å²) in [5.41, 5.74) is 1.92. The van der Waals surface area contributed by atoms with Crippen LogP contribution in [0, 0.1) is 5.82 Å². The number of anilines is 1. The van der Waals surface area contributed by atoms with E-state index < -0.39 is 0 Å². The molecule has 2 aromatic carbocycles. The first-order chi connectivity index (χ1) is 13.9. The number of carbonyl (C=O) groups is 1. The second-order valence-corrected chi connectivity index (χ2v) is 8.76. The summed E-state index contributed by atoms with van der Waals surface area (Å²) in [6, 6.07) is 14.9. The fraction of sp³-hybridized carbons (Fsp3) is 0.458.